The Morgan fingerprint density at radius 3 is 2.41 bits per heavy atom. The molecule has 2 unspecified atom stereocenters. The van der Waals surface area contributed by atoms with Crippen molar-refractivity contribution in [1.29, 1.82) is 0 Å². The molecule has 1 nitrogen and oxygen atoms in total. The van der Waals surface area contributed by atoms with Crippen LogP contribution in [0, 0.1) is 11.8 Å². The van der Waals surface area contributed by atoms with E-state index in [9.17, 15) is 0 Å². The summed E-state index contributed by atoms with van der Waals surface area (Å²) in [5.41, 5.74) is 0. The number of hydrogen-bond acceptors (Lipinski definition) is 1. The molecule has 0 bridgehead atoms. The standard InChI is InChI=1S/C16H33N/c1-4-14(3)13-16(17-5-2)12-11-15-9-7-6-8-10-15/h14-17H,4-13H2,1-3H3. The van der Waals surface area contributed by atoms with Crippen LogP contribution in [0.5, 0.6) is 0 Å². The van der Waals surface area contributed by atoms with Crippen molar-refractivity contribution in [1.82, 2.24) is 5.32 Å². The van der Waals surface area contributed by atoms with Gasteiger partial charge in [0, 0.05) is 6.04 Å². The van der Waals surface area contributed by atoms with Crippen LogP contribution in [0.15, 0.2) is 0 Å². The number of nitrogens with one attached hydrogen (secondary N) is 1. The molecule has 0 aromatic rings. The molecule has 0 radical (unpaired) electrons. The van der Waals surface area contributed by atoms with Crippen molar-refractivity contribution in [2.24, 2.45) is 11.8 Å². The van der Waals surface area contributed by atoms with E-state index in [1.165, 1.54) is 57.8 Å². The molecule has 17 heavy (non-hydrogen) atoms. The number of hydrogen-bond donors (Lipinski definition) is 1. The average Bonchev–Trinajstić information content (AvgIpc) is 2.37. The van der Waals surface area contributed by atoms with Crippen LogP contribution in [0.25, 0.3) is 0 Å². The average molecular weight is 239 g/mol. The van der Waals surface area contributed by atoms with Gasteiger partial charge in [-0.25, -0.2) is 0 Å². The molecule has 0 saturated heterocycles. The molecular weight excluding hydrogens is 206 g/mol. The van der Waals surface area contributed by atoms with Crippen LogP contribution in [0.1, 0.15) is 78.6 Å². The fourth-order valence-corrected chi connectivity index (χ4v) is 3.16. The van der Waals surface area contributed by atoms with Gasteiger partial charge in [-0.3, -0.25) is 0 Å². The largest absolute Gasteiger partial charge is 0.314 e. The van der Waals surface area contributed by atoms with Gasteiger partial charge in [-0.15, -0.1) is 0 Å². The molecule has 0 aromatic heterocycles. The van der Waals surface area contributed by atoms with Gasteiger partial charge in [-0.1, -0.05) is 59.3 Å². The highest BCUT2D eigenvalue weighted by molar-refractivity contribution is 4.73. The Morgan fingerprint density at radius 1 is 1.12 bits per heavy atom. The molecule has 0 heterocycles. The summed E-state index contributed by atoms with van der Waals surface area (Å²) in [6, 6.07) is 0.775. The molecule has 1 rings (SSSR count). The Hall–Kier alpha value is -0.0400. The molecule has 0 spiro atoms. The maximum Gasteiger partial charge on any atom is 0.00695 e. The zero-order valence-corrected chi connectivity index (χ0v) is 12.3. The Bertz CT molecular complexity index is 172. The fourth-order valence-electron chi connectivity index (χ4n) is 3.16. The summed E-state index contributed by atoms with van der Waals surface area (Å²) in [4.78, 5) is 0. The number of rotatable bonds is 8. The summed E-state index contributed by atoms with van der Waals surface area (Å²) in [5.74, 6) is 1.92. The monoisotopic (exact) mass is 239 g/mol. The van der Waals surface area contributed by atoms with E-state index in [-0.39, 0.29) is 0 Å². The minimum atomic E-state index is 0.775. The van der Waals surface area contributed by atoms with E-state index in [1.54, 1.807) is 0 Å². The van der Waals surface area contributed by atoms with E-state index >= 15 is 0 Å². The first-order valence-electron chi connectivity index (χ1n) is 7.99. The highest BCUT2D eigenvalue weighted by Crippen LogP contribution is 2.28. The van der Waals surface area contributed by atoms with Gasteiger partial charge < -0.3 is 5.32 Å². The summed E-state index contributed by atoms with van der Waals surface area (Å²) in [6.45, 7) is 8.08. The first-order valence-corrected chi connectivity index (χ1v) is 7.99. The lowest BCUT2D eigenvalue weighted by Gasteiger charge is -2.26. The van der Waals surface area contributed by atoms with E-state index in [4.69, 9.17) is 0 Å². The maximum atomic E-state index is 3.69. The predicted molar refractivity (Wildman–Crippen MR) is 77.3 cm³/mol. The van der Waals surface area contributed by atoms with Crippen molar-refractivity contribution in [3.8, 4) is 0 Å². The Labute approximate surface area is 109 Å². The molecule has 0 amide bonds. The van der Waals surface area contributed by atoms with Crippen molar-refractivity contribution in [3.63, 3.8) is 0 Å². The summed E-state index contributed by atoms with van der Waals surface area (Å²) >= 11 is 0. The van der Waals surface area contributed by atoms with Gasteiger partial charge in [0.25, 0.3) is 0 Å². The highest BCUT2D eigenvalue weighted by atomic mass is 14.9. The van der Waals surface area contributed by atoms with Crippen molar-refractivity contribution < 1.29 is 0 Å². The lowest BCUT2D eigenvalue weighted by molar-refractivity contribution is 0.297. The van der Waals surface area contributed by atoms with E-state index in [0.717, 1.165) is 24.4 Å². The molecule has 0 aliphatic heterocycles. The molecule has 1 fully saturated rings. The van der Waals surface area contributed by atoms with Gasteiger partial charge in [0.2, 0.25) is 0 Å². The van der Waals surface area contributed by atoms with E-state index in [1.807, 2.05) is 0 Å². The van der Waals surface area contributed by atoms with E-state index in [0.29, 0.717) is 0 Å². The molecule has 1 aliphatic carbocycles. The Kier molecular flexibility index (Phi) is 7.92. The molecule has 2 atom stereocenters. The van der Waals surface area contributed by atoms with E-state index < -0.39 is 0 Å². The van der Waals surface area contributed by atoms with Crippen LogP contribution < -0.4 is 5.32 Å². The summed E-state index contributed by atoms with van der Waals surface area (Å²) < 4.78 is 0. The van der Waals surface area contributed by atoms with Crippen LogP contribution in [0.2, 0.25) is 0 Å². The molecule has 1 heteroatoms. The van der Waals surface area contributed by atoms with Crippen molar-refractivity contribution >= 4 is 0 Å². The SMILES string of the molecule is CCNC(CCC1CCCCC1)CC(C)CC. The van der Waals surface area contributed by atoms with Gasteiger partial charge in [0.05, 0.1) is 0 Å². The first-order chi connectivity index (χ1) is 8.26. The van der Waals surface area contributed by atoms with Gasteiger partial charge in [0.15, 0.2) is 0 Å². The first kappa shape index (κ1) is 15.0. The van der Waals surface area contributed by atoms with Crippen LogP contribution >= 0.6 is 0 Å². The third kappa shape index (κ3) is 6.45. The minimum absolute atomic E-state index is 0.775. The Morgan fingerprint density at radius 2 is 1.82 bits per heavy atom. The third-order valence-corrected chi connectivity index (χ3v) is 4.52. The fraction of sp³-hybridized carbons (Fsp3) is 1.00. The zero-order chi connectivity index (χ0) is 12.5. The molecule has 102 valence electrons. The van der Waals surface area contributed by atoms with Gasteiger partial charge >= 0.3 is 0 Å². The van der Waals surface area contributed by atoms with Gasteiger partial charge in [0.1, 0.15) is 0 Å². The second kappa shape index (κ2) is 8.97. The maximum absolute atomic E-state index is 3.69. The summed E-state index contributed by atoms with van der Waals surface area (Å²) in [7, 11) is 0. The van der Waals surface area contributed by atoms with Crippen molar-refractivity contribution in [3.05, 3.63) is 0 Å². The van der Waals surface area contributed by atoms with Crippen LogP contribution in [-0.2, 0) is 0 Å². The lowest BCUT2D eigenvalue weighted by Crippen LogP contribution is -2.31. The second-order valence-corrected chi connectivity index (χ2v) is 6.09. The molecule has 1 N–H and O–H groups in total. The Balaban J connectivity index is 2.22. The lowest BCUT2D eigenvalue weighted by atomic mass is 9.84. The van der Waals surface area contributed by atoms with Gasteiger partial charge in [-0.05, 0) is 37.6 Å². The summed E-state index contributed by atoms with van der Waals surface area (Å²) in [5, 5.41) is 3.69. The highest BCUT2D eigenvalue weighted by Gasteiger charge is 2.17. The van der Waals surface area contributed by atoms with Crippen LogP contribution in [0.4, 0.5) is 0 Å². The predicted octanol–water partition coefficient (Wildman–Crippen LogP) is 4.76. The summed E-state index contributed by atoms with van der Waals surface area (Å²) in [6.07, 6.45) is 13.0. The quantitative estimate of drug-likeness (QED) is 0.644. The van der Waals surface area contributed by atoms with Crippen molar-refractivity contribution in [2.75, 3.05) is 6.54 Å². The minimum Gasteiger partial charge on any atom is -0.314 e. The van der Waals surface area contributed by atoms with E-state index in [2.05, 4.69) is 26.1 Å². The molecule has 1 aliphatic rings. The second-order valence-electron chi connectivity index (χ2n) is 6.09. The van der Waals surface area contributed by atoms with Crippen LogP contribution in [0.3, 0.4) is 0 Å². The molecular formula is C16H33N. The van der Waals surface area contributed by atoms with Crippen molar-refractivity contribution in [2.45, 2.75) is 84.6 Å². The van der Waals surface area contributed by atoms with Crippen LogP contribution in [-0.4, -0.2) is 12.6 Å². The zero-order valence-electron chi connectivity index (χ0n) is 12.3. The third-order valence-electron chi connectivity index (χ3n) is 4.52. The molecule has 0 aromatic carbocycles. The molecule has 1 saturated carbocycles. The normalized spacial score (nSPS) is 21.4. The topological polar surface area (TPSA) is 12.0 Å². The van der Waals surface area contributed by atoms with Gasteiger partial charge in [-0.2, -0.15) is 0 Å². The smallest absolute Gasteiger partial charge is 0.00695 e.